The molecule has 17 heavy (non-hydrogen) atoms. The van der Waals surface area contributed by atoms with Crippen LogP contribution >= 0.6 is 0 Å². The highest BCUT2D eigenvalue weighted by Crippen LogP contribution is 2.27. The Balaban J connectivity index is 2.07. The topological polar surface area (TPSA) is 49.4 Å². The minimum Gasteiger partial charge on any atom is -0.326 e. The number of imide groups is 1. The maximum Gasteiger partial charge on any atom is 0.325 e. The average molecular weight is 238 g/mol. The number of hydrogen-bond acceptors (Lipinski definition) is 2. The van der Waals surface area contributed by atoms with E-state index >= 15 is 0 Å². The highest BCUT2D eigenvalue weighted by Gasteiger charge is 2.43. The van der Waals surface area contributed by atoms with Gasteiger partial charge in [0.15, 0.2) is 0 Å². The lowest BCUT2D eigenvalue weighted by molar-refractivity contribution is -0.130. The number of carbonyl (C=O) groups is 2. The molecule has 0 unspecified atom stereocenters. The van der Waals surface area contributed by atoms with Gasteiger partial charge in [-0.1, -0.05) is 39.5 Å². The third-order valence-corrected chi connectivity index (χ3v) is 4.15. The van der Waals surface area contributed by atoms with Crippen molar-refractivity contribution in [3.63, 3.8) is 0 Å². The van der Waals surface area contributed by atoms with Gasteiger partial charge in [0.1, 0.15) is 6.04 Å². The average Bonchev–Trinajstić information content (AvgIpc) is 2.65. The van der Waals surface area contributed by atoms with E-state index in [-0.39, 0.29) is 29.9 Å². The third kappa shape index (κ3) is 2.31. The molecule has 2 atom stereocenters. The third-order valence-electron chi connectivity index (χ3n) is 4.15. The lowest BCUT2D eigenvalue weighted by Crippen LogP contribution is -2.42. The minimum atomic E-state index is -0.297. The van der Waals surface area contributed by atoms with E-state index in [1.807, 2.05) is 13.8 Å². The molecule has 1 aliphatic carbocycles. The fourth-order valence-corrected chi connectivity index (χ4v) is 2.82. The number of rotatable bonds is 3. The Morgan fingerprint density at radius 2 is 1.94 bits per heavy atom. The van der Waals surface area contributed by atoms with Gasteiger partial charge in [-0.3, -0.25) is 9.69 Å². The molecule has 0 aromatic rings. The number of carbonyl (C=O) groups excluding carboxylic acids is 2. The van der Waals surface area contributed by atoms with Gasteiger partial charge in [0.25, 0.3) is 5.91 Å². The molecule has 4 heteroatoms. The first-order chi connectivity index (χ1) is 8.15. The van der Waals surface area contributed by atoms with Crippen molar-refractivity contribution in [1.29, 1.82) is 0 Å². The SMILES string of the molecule is CC[C@@H](C)[C@H]1NC(=O)N(C2CCCCC2)C1=O. The van der Waals surface area contributed by atoms with E-state index in [2.05, 4.69) is 5.32 Å². The molecule has 4 nitrogen and oxygen atoms in total. The van der Waals surface area contributed by atoms with Gasteiger partial charge < -0.3 is 5.32 Å². The molecule has 1 saturated carbocycles. The smallest absolute Gasteiger partial charge is 0.325 e. The molecule has 0 spiro atoms. The normalized spacial score (nSPS) is 28.4. The van der Waals surface area contributed by atoms with Crippen LogP contribution in [0.5, 0.6) is 0 Å². The number of hydrogen-bond donors (Lipinski definition) is 1. The van der Waals surface area contributed by atoms with E-state index in [0.29, 0.717) is 0 Å². The second-order valence-electron chi connectivity index (χ2n) is 5.31. The molecule has 96 valence electrons. The van der Waals surface area contributed by atoms with Crippen LogP contribution in [0.15, 0.2) is 0 Å². The molecule has 0 aromatic carbocycles. The van der Waals surface area contributed by atoms with Gasteiger partial charge in [-0.15, -0.1) is 0 Å². The molecular weight excluding hydrogens is 216 g/mol. The summed E-state index contributed by atoms with van der Waals surface area (Å²) in [7, 11) is 0. The zero-order valence-corrected chi connectivity index (χ0v) is 10.7. The molecule has 3 amide bonds. The predicted octanol–water partition coefficient (Wildman–Crippen LogP) is 2.29. The van der Waals surface area contributed by atoms with Gasteiger partial charge in [-0.05, 0) is 18.8 Å². The van der Waals surface area contributed by atoms with Crippen LogP contribution in [0.1, 0.15) is 52.4 Å². The maximum absolute atomic E-state index is 12.3. The molecule has 2 aliphatic rings. The summed E-state index contributed by atoms with van der Waals surface area (Å²) in [5.41, 5.74) is 0. The van der Waals surface area contributed by atoms with Crippen LogP contribution in [0.25, 0.3) is 0 Å². The fraction of sp³-hybridized carbons (Fsp3) is 0.846. The Labute approximate surface area is 103 Å². The van der Waals surface area contributed by atoms with E-state index in [1.54, 1.807) is 0 Å². The van der Waals surface area contributed by atoms with Crippen LogP contribution in [0, 0.1) is 5.92 Å². The van der Waals surface area contributed by atoms with E-state index < -0.39 is 0 Å². The number of nitrogens with one attached hydrogen (secondary N) is 1. The zero-order chi connectivity index (χ0) is 12.4. The first kappa shape index (κ1) is 12.4. The summed E-state index contributed by atoms with van der Waals surface area (Å²) in [6.07, 6.45) is 6.37. The Kier molecular flexibility index (Phi) is 3.69. The molecule has 1 heterocycles. The molecule has 1 saturated heterocycles. The lowest BCUT2D eigenvalue weighted by Gasteiger charge is -2.28. The second-order valence-corrected chi connectivity index (χ2v) is 5.31. The summed E-state index contributed by atoms with van der Waals surface area (Å²) in [6.45, 7) is 4.07. The molecule has 0 aromatic heterocycles. The van der Waals surface area contributed by atoms with Gasteiger partial charge >= 0.3 is 6.03 Å². The molecule has 2 fully saturated rings. The van der Waals surface area contributed by atoms with Crippen LogP contribution < -0.4 is 5.32 Å². The number of amides is 3. The highest BCUT2D eigenvalue weighted by atomic mass is 16.2. The summed E-state index contributed by atoms with van der Waals surface area (Å²) in [6, 6.07) is -0.327. The van der Waals surface area contributed by atoms with Crippen molar-refractivity contribution in [2.75, 3.05) is 0 Å². The van der Waals surface area contributed by atoms with Crippen molar-refractivity contribution in [3.8, 4) is 0 Å². The van der Waals surface area contributed by atoms with Crippen LogP contribution in [-0.2, 0) is 4.79 Å². The van der Waals surface area contributed by atoms with Crippen molar-refractivity contribution in [3.05, 3.63) is 0 Å². The van der Waals surface area contributed by atoms with Gasteiger partial charge in [0.05, 0.1) is 0 Å². The molecule has 1 aliphatic heterocycles. The number of nitrogens with zero attached hydrogens (tertiary/aromatic N) is 1. The molecule has 0 radical (unpaired) electrons. The summed E-state index contributed by atoms with van der Waals surface area (Å²) < 4.78 is 0. The van der Waals surface area contributed by atoms with Crippen molar-refractivity contribution in [2.45, 2.75) is 64.5 Å². The van der Waals surface area contributed by atoms with Gasteiger partial charge in [-0.2, -0.15) is 0 Å². The Hall–Kier alpha value is -1.06. The zero-order valence-electron chi connectivity index (χ0n) is 10.7. The second kappa shape index (κ2) is 5.07. The summed E-state index contributed by atoms with van der Waals surface area (Å²) in [5.74, 6) is 0.219. The standard InChI is InChI=1S/C13H22N2O2/c1-3-9(2)11-12(16)15(13(17)14-11)10-7-5-4-6-8-10/h9-11H,3-8H2,1-2H3,(H,14,17)/t9-,11-/m1/s1. The van der Waals surface area contributed by atoms with Crippen LogP contribution in [-0.4, -0.2) is 28.9 Å². The highest BCUT2D eigenvalue weighted by molar-refractivity contribution is 6.04. The van der Waals surface area contributed by atoms with E-state index in [9.17, 15) is 9.59 Å². The molecular formula is C13H22N2O2. The van der Waals surface area contributed by atoms with E-state index in [0.717, 1.165) is 32.1 Å². The molecule has 1 N–H and O–H groups in total. The Bertz CT molecular complexity index is 311. The first-order valence-corrected chi connectivity index (χ1v) is 6.78. The molecule has 0 bridgehead atoms. The summed E-state index contributed by atoms with van der Waals surface area (Å²) in [5, 5.41) is 2.84. The Morgan fingerprint density at radius 3 is 2.53 bits per heavy atom. The monoisotopic (exact) mass is 238 g/mol. The van der Waals surface area contributed by atoms with Crippen molar-refractivity contribution in [1.82, 2.24) is 10.2 Å². The van der Waals surface area contributed by atoms with Crippen molar-refractivity contribution < 1.29 is 9.59 Å². The van der Waals surface area contributed by atoms with Gasteiger partial charge in [0.2, 0.25) is 0 Å². The largest absolute Gasteiger partial charge is 0.326 e. The predicted molar refractivity (Wildman–Crippen MR) is 65.5 cm³/mol. The van der Waals surface area contributed by atoms with E-state index in [4.69, 9.17) is 0 Å². The number of urea groups is 1. The Morgan fingerprint density at radius 1 is 1.29 bits per heavy atom. The van der Waals surface area contributed by atoms with Gasteiger partial charge in [0, 0.05) is 6.04 Å². The van der Waals surface area contributed by atoms with Crippen LogP contribution in [0.3, 0.4) is 0 Å². The van der Waals surface area contributed by atoms with Crippen LogP contribution in [0.4, 0.5) is 4.79 Å². The summed E-state index contributed by atoms with van der Waals surface area (Å²) >= 11 is 0. The fourth-order valence-electron chi connectivity index (χ4n) is 2.82. The van der Waals surface area contributed by atoms with E-state index in [1.165, 1.54) is 11.3 Å². The molecule has 2 rings (SSSR count). The van der Waals surface area contributed by atoms with Gasteiger partial charge in [-0.25, -0.2) is 4.79 Å². The lowest BCUT2D eigenvalue weighted by atomic mass is 9.93. The minimum absolute atomic E-state index is 0.00347. The van der Waals surface area contributed by atoms with Crippen molar-refractivity contribution in [2.24, 2.45) is 5.92 Å². The summed E-state index contributed by atoms with van der Waals surface area (Å²) in [4.78, 5) is 25.7. The maximum atomic E-state index is 12.3. The van der Waals surface area contributed by atoms with Crippen LogP contribution in [0.2, 0.25) is 0 Å². The quantitative estimate of drug-likeness (QED) is 0.767. The van der Waals surface area contributed by atoms with Crippen molar-refractivity contribution >= 4 is 11.9 Å². The first-order valence-electron chi connectivity index (χ1n) is 6.78.